The van der Waals surface area contributed by atoms with E-state index in [1.54, 1.807) is 0 Å². The third-order valence-electron chi connectivity index (χ3n) is 3.62. The molecule has 0 aliphatic carbocycles. The molecular formula is C14H26N2S. The maximum Gasteiger partial charge on any atom is 0.0609 e. The molecule has 1 rings (SSSR count). The molecule has 1 saturated heterocycles. The Morgan fingerprint density at radius 3 is 2.59 bits per heavy atom. The highest BCUT2D eigenvalue weighted by Crippen LogP contribution is 2.18. The zero-order chi connectivity index (χ0) is 12.8. The van der Waals surface area contributed by atoms with Crippen LogP contribution in [0.4, 0.5) is 0 Å². The van der Waals surface area contributed by atoms with Gasteiger partial charge in [-0.3, -0.25) is 4.99 Å². The Morgan fingerprint density at radius 1 is 1.35 bits per heavy atom. The van der Waals surface area contributed by atoms with Crippen molar-refractivity contribution in [2.45, 2.75) is 40.5 Å². The monoisotopic (exact) mass is 254 g/mol. The van der Waals surface area contributed by atoms with Gasteiger partial charge in [-0.15, -0.1) is 12.6 Å². The number of rotatable bonds is 4. The Kier molecular flexibility index (Phi) is 6.28. The van der Waals surface area contributed by atoms with E-state index in [9.17, 15) is 0 Å². The summed E-state index contributed by atoms with van der Waals surface area (Å²) in [4.78, 5) is 5.87. The van der Waals surface area contributed by atoms with Crippen molar-refractivity contribution in [2.24, 2.45) is 16.8 Å². The van der Waals surface area contributed by atoms with Crippen molar-refractivity contribution in [3.63, 3.8) is 0 Å². The average molecular weight is 254 g/mol. The van der Waals surface area contributed by atoms with Crippen LogP contribution in [-0.4, -0.2) is 25.3 Å². The summed E-state index contributed by atoms with van der Waals surface area (Å²) < 4.78 is 0. The van der Waals surface area contributed by atoms with Gasteiger partial charge in [0.05, 0.1) is 6.54 Å². The molecule has 0 radical (unpaired) electrons. The summed E-state index contributed by atoms with van der Waals surface area (Å²) in [5.41, 5.74) is 2.65. The lowest BCUT2D eigenvalue weighted by Crippen LogP contribution is -2.38. The van der Waals surface area contributed by atoms with Crippen LogP contribution in [0.3, 0.4) is 0 Å². The zero-order valence-electron chi connectivity index (χ0n) is 11.6. The minimum atomic E-state index is 0.622. The number of nitrogens with zero attached hydrogens (tertiary/aromatic N) is 1. The van der Waals surface area contributed by atoms with Crippen LogP contribution >= 0.6 is 12.6 Å². The van der Waals surface area contributed by atoms with Crippen LogP contribution in [0.2, 0.25) is 0 Å². The molecule has 0 aromatic heterocycles. The summed E-state index contributed by atoms with van der Waals surface area (Å²) in [6.45, 7) is 11.8. The van der Waals surface area contributed by atoms with E-state index in [2.05, 4.69) is 45.6 Å². The molecule has 0 saturated carbocycles. The first kappa shape index (κ1) is 14.8. The number of hydrogen-bond acceptors (Lipinski definition) is 3. The maximum atomic E-state index is 4.74. The summed E-state index contributed by atoms with van der Waals surface area (Å²) in [6.07, 6.45) is 2.32. The first-order chi connectivity index (χ1) is 8.04. The fraction of sp³-hybridized carbons (Fsp3) is 0.786. The molecule has 1 heterocycles. The van der Waals surface area contributed by atoms with Crippen LogP contribution in [-0.2, 0) is 0 Å². The zero-order valence-corrected chi connectivity index (χ0v) is 12.5. The van der Waals surface area contributed by atoms with Crippen LogP contribution in [0, 0.1) is 11.8 Å². The van der Waals surface area contributed by atoms with Gasteiger partial charge < -0.3 is 5.32 Å². The molecule has 0 aromatic rings. The van der Waals surface area contributed by atoms with E-state index in [-0.39, 0.29) is 0 Å². The molecule has 2 nitrogen and oxygen atoms in total. The van der Waals surface area contributed by atoms with Gasteiger partial charge in [-0.05, 0) is 49.6 Å². The number of hydrogen-bond donors (Lipinski definition) is 2. The van der Waals surface area contributed by atoms with Crippen LogP contribution in [0.25, 0.3) is 0 Å². The van der Waals surface area contributed by atoms with E-state index in [1.807, 2.05) is 0 Å². The van der Waals surface area contributed by atoms with E-state index in [4.69, 9.17) is 4.99 Å². The largest absolute Gasteiger partial charge is 0.316 e. The molecule has 3 heteroatoms. The highest BCUT2D eigenvalue weighted by molar-refractivity contribution is 7.84. The van der Waals surface area contributed by atoms with Gasteiger partial charge in [0.15, 0.2) is 0 Å². The Bertz CT molecular complexity index is 303. The van der Waals surface area contributed by atoms with Crippen molar-refractivity contribution < 1.29 is 0 Å². The van der Waals surface area contributed by atoms with Gasteiger partial charge in [-0.2, -0.15) is 0 Å². The molecule has 0 spiro atoms. The lowest BCUT2D eigenvalue weighted by Gasteiger charge is -2.27. The lowest BCUT2D eigenvalue weighted by molar-refractivity contribution is 0.359. The fourth-order valence-electron chi connectivity index (χ4n) is 2.31. The summed E-state index contributed by atoms with van der Waals surface area (Å²) in [6, 6.07) is 0. The Balaban J connectivity index is 2.57. The van der Waals surface area contributed by atoms with Gasteiger partial charge in [0.2, 0.25) is 0 Å². The van der Waals surface area contributed by atoms with Crippen LogP contribution in [0.1, 0.15) is 40.5 Å². The minimum Gasteiger partial charge on any atom is -0.316 e. The molecular weight excluding hydrogens is 228 g/mol. The maximum absolute atomic E-state index is 4.74. The molecule has 1 aliphatic heterocycles. The summed E-state index contributed by atoms with van der Waals surface area (Å²) in [5.74, 6) is 1.39. The molecule has 1 aliphatic rings. The Labute approximate surface area is 111 Å². The molecule has 0 aromatic carbocycles. The van der Waals surface area contributed by atoms with Crippen molar-refractivity contribution in [3.05, 3.63) is 10.5 Å². The van der Waals surface area contributed by atoms with E-state index in [0.29, 0.717) is 5.92 Å². The minimum absolute atomic E-state index is 0.622. The van der Waals surface area contributed by atoms with Gasteiger partial charge in [-0.1, -0.05) is 13.8 Å². The highest BCUT2D eigenvalue weighted by Gasteiger charge is 2.20. The standard InChI is InChI=1S/C14H26N2S/c1-5-13(12(4)17)9-16-11(3)14-6-10(2)7-15-8-14/h10,14-15,17H,5-9H2,1-4H3/b13-12-,16-11?. The topological polar surface area (TPSA) is 24.4 Å². The second-order valence-electron chi connectivity index (χ2n) is 5.20. The Morgan fingerprint density at radius 2 is 2.06 bits per heavy atom. The first-order valence-electron chi connectivity index (χ1n) is 6.63. The van der Waals surface area contributed by atoms with Crippen molar-refractivity contribution in [1.82, 2.24) is 5.32 Å². The van der Waals surface area contributed by atoms with E-state index >= 15 is 0 Å². The summed E-state index contributed by atoms with van der Waals surface area (Å²) >= 11 is 4.42. The number of aliphatic imine (C=N–C) groups is 1. The van der Waals surface area contributed by atoms with Gasteiger partial charge in [0.1, 0.15) is 0 Å². The molecule has 2 unspecified atom stereocenters. The SMILES string of the molecule is CC/C(CN=C(C)C1CNCC(C)C1)=C(\C)S. The fourth-order valence-corrected chi connectivity index (χ4v) is 2.53. The molecule has 0 amide bonds. The Hall–Kier alpha value is -0.280. The number of nitrogens with one attached hydrogen (secondary N) is 1. The predicted octanol–water partition coefficient (Wildman–Crippen LogP) is 3.31. The predicted molar refractivity (Wildman–Crippen MR) is 80.1 cm³/mol. The number of allylic oxidation sites excluding steroid dienone is 1. The molecule has 17 heavy (non-hydrogen) atoms. The first-order valence-corrected chi connectivity index (χ1v) is 7.08. The molecule has 1 N–H and O–H groups in total. The third-order valence-corrected chi connectivity index (χ3v) is 3.94. The van der Waals surface area contributed by atoms with E-state index < -0.39 is 0 Å². The van der Waals surface area contributed by atoms with E-state index in [0.717, 1.165) is 36.9 Å². The quantitative estimate of drug-likeness (QED) is 0.584. The van der Waals surface area contributed by atoms with Crippen molar-refractivity contribution in [3.8, 4) is 0 Å². The smallest absolute Gasteiger partial charge is 0.0609 e. The molecule has 2 atom stereocenters. The normalized spacial score (nSPS) is 27.9. The van der Waals surface area contributed by atoms with Crippen LogP contribution in [0.5, 0.6) is 0 Å². The summed E-state index contributed by atoms with van der Waals surface area (Å²) in [5, 5.41) is 3.48. The molecule has 98 valence electrons. The van der Waals surface area contributed by atoms with Crippen molar-refractivity contribution in [2.75, 3.05) is 19.6 Å². The second-order valence-corrected chi connectivity index (χ2v) is 5.87. The van der Waals surface area contributed by atoms with Gasteiger partial charge in [0, 0.05) is 18.2 Å². The average Bonchev–Trinajstić information content (AvgIpc) is 2.29. The van der Waals surface area contributed by atoms with Crippen molar-refractivity contribution >= 4 is 18.3 Å². The molecule has 1 fully saturated rings. The highest BCUT2D eigenvalue weighted by atomic mass is 32.1. The van der Waals surface area contributed by atoms with Gasteiger partial charge >= 0.3 is 0 Å². The van der Waals surface area contributed by atoms with Crippen LogP contribution in [0.15, 0.2) is 15.5 Å². The second kappa shape index (κ2) is 7.22. The van der Waals surface area contributed by atoms with E-state index in [1.165, 1.54) is 17.7 Å². The van der Waals surface area contributed by atoms with Crippen molar-refractivity contribution in [1.29, 1.82) is 0 Å². The van der Waals surface area contributed by atoms with Crippen LogP contribution < -0.4 is 5.32 Å². The molecule has 0 bridgehead atoms. The number of thiol groups is 1. The third kappa shape index (κ3) is 4.84. The number of piperidine rings is 1. The lowest BCUT2D eigenvalue weighted by atomic mass is 9.89. The van der Waals surface area contributed by atoms with Gasteiger partial charge in [0.25, 0.3) is 0 Å². The summed E-state index contributed by atoms with van der Waals surface area (Å²) in [7, 11) is 0. The van der Waals surface area contributed by atoms with Gasteiger partial charge in [-0.25, -0.2) is 0 Å².